The number of carbonyl (C=O) groups is 1. The molecule has 0 unspecified atom stereocenters. The summed E-state index contributed by atoms with van der Waals surface area (Å²) in [7, 11) is 1.76. The first-order chi connectivity index (χ1) is 12.2. The third kappa shape index (κ3) is 4.97. The van der Waals surface area contributed by atoms with Crippen LogP contribution in [0.3, 0.4) is 0 Å². The van der Waals surface area contributed by atoms with E-state index in [-0.39, 0.29) is 12.3 Å². The van der Waals surface area contributed by atoms with E-state index in [4.69, 9.17) is 5.73 Å². The summed E-state index contributed by atoms with van der Waals surface area (Å²) in [6.07, 6.45) is 9.84. The van der Waals surface area contributed by atoms with Gasteiger partial charge in [0.2, 0.25) is 5.91 Å². The summed E-state index contributed by atoms with van der Waals surface area (Å²) in [6, 6.07) is 3.78. The summed E-state index contributed by atoms with van der Waals surface area (Å²) < 4.78 is 1.76. The quantitative estimate of drug-likeness (QED) is 0.582. The minimum atomic E-state index is -0.0306. The van der Waals surface area contributed by atoms with Gasteiger partial charge in [0.25, 0.3) is 0 Å². The number of aliphatic imine (C=N–C) groups is 2. The van der Waals surface area contributed by atoms with Crippen molar-refractivity contribution in [2.75, 3.05) is 18.5 Å². The van der Waals surface area contributed by atoms with Crippen molar-refractivity contribution in [1.82, 2.24) is 14.8 Å². The SMILES string of the molecule is CCCc1nn(-c2cccnc2)cc1N(C)C(=O)CCN=CN=CN. The first-order valence-corrected chi connectivity index (χ1v) is 8.14. The lowest BCUT2D eigenvalue weighted by Crippen LogP contribution is -2.27. The highest BCUT2D eigenvalue weighted by atomic mass is 16.2. The molecule has 0 atom stereocenters. The maximum absolute atomic E-state index is 12.4. The Labute approximate surface area is 147 Å². The second-order valence-corrected chi connectivity index (χ2v) is 5.39. The highest BCUT2D eigenvalue weighted by molar-refractivity contribution is 5.93. The summed E-state index contributed by atoms with van der Waals surface area (Å²) in [5, 5.41) is 4.61. The van der Waals surface area contributed by atoms with Crippen molar-refractivity contribution in [3.63, 3.8) is 0 Å². The number of aromatic nitrogens is 3. The van der Waals surface area contributed by atoms with Gasteiger partial charge >= 0.3 is 0 Å². The molecule has 0 aliphatic heterocycles. The van der Waals surface area contributed by atoms with Crippen molar-refractivity contribution >= 4 is 24.3 Å². The average Bonchev–Trinajstić information content (AvgIpc) is 3.06. The number of hydrogen-bond donors (Lipinski definition) is 1. The summed E-state index contributed by atoms with van der Waals surface area (Å²) in [4.78, 5) is 25.8. The molecule has 2 aromatic rings. The molecule has 2 heterocycles. The van der Waals surface area contributed by atoms with Gasteiger partial charge in [-0.1, -0.05) is 13.3 Å². The van der Waals surface area contributed by atoms with Crippen LogP contribution in [0.2, 0.25) is 0 Å². The van der Waals surface area contributed by atoms with Gasteiger partial charge in [-0.3, -0.25) is 14.8 Å². The van der Waals surface area contributed by atoms with E-state index < -0.39 is 0 Å². The molecule has 8 nitrogen and oxygen atoms in total. The van der Waals surface area contributed by atoms with Crippen molar-refractivity contribution in [3.05, 3.63) is 36.4 Å². The highest BCUT2D eigenvalue weighted by Crippen LogP contribution is 2.22. The van der Waals surface area contributed by atoms with Crippen LogP contribution in [0.4, 0.5) is 5.69 Å². The van der Waals surface area contributed by atoms with Crippen molar-refractivity contribution in [1.29, 1.82) is 0 Å². The number of nitrogens with zero attached hydrogens (tertiary/aromatic N) is 6. The Hall–Kier alpha value is -3.03. The number of anilines is 1. The normalized spacial score (nSPS) is 11.4. The maximum atomic E-state index is 12.4. The number of pyridine rings is 1. The van der Waals surface area contributed by atoms with Crippen LogP contribution in [0.1, 0.15) is 25.5 Å². The molecule has 0 aliphatic rings. The number of amides is 1. The number of aryl methyl sites for hydroxylation is 1. The Bertz CT molecular complexity index is 737. The Morgan fingerprint density at radius 2 is 2.32 bits per heavy atom. The average molecular weight is 341 g/mol. The molecule has 0 spiro atoms. The molecule has 0 aromatic carbocycles. The van der Waals surface area contributed by atoms with Gasteiger partial charge < -0.3 is 10.6 Å². The summed E-state index contributed by atoms with van der Waals surface area (Å²) in [6.45, 7) is 2.45. The van der Waals surface area contributed by atoms with Gasteiger partial charge in [0.05, 0.1) is 35.8 Å². The zero-order valence-corrected chi connectivity index (χ0v) is 14.5. The molecule has 0 bridgehead atoms. The lowest BCUT2D eigenvalue weighted by molar-refractivity contribution is -0.118. The van der Waals surface area contributed by atoms with Crippen molar-refractivity contribution < 1.29 is 4.79 Å². The van der Waals surface area contributed by atoms with Gasteiger partial charge in [0, 0.05) is 26.2 Å². The van der Waals surface area contributed by atoms with E-state index in [0.717, 1.165) is 36.2 Å². The largest absolute Gasteiger partial charge is 0.390 e. The van der Waals surface area contributed by atoms with Crippen molar-refractivity contribution in [2.24, 2.45) is 15.7 Å². The van der Waals surface area contributed by atoms with Gasteiger partial charge in [0.1, 0.15) is 6.34 Å². The minimum Gasteiger partial charge on any atom is -0.390 e. The maximum Gasteiger partial charge on any atom is 0.228 e. The molecule has 0 radical (unpaired) electrons. The molecule has 2 rings (SSSR count). The fourth-order valence-corrected chi connectivity index (χ4v) is 2.32. The van der Waals surface area contributed by atoms with E-state index in [0.29, 0.717) is 6.54 Å². The standard InChI is InChI=1S/C17H23N7O/c1-3-5-15-16(11-24(22-15)14-6-4-8-19-10-14)23(2)17(25)7-9-20-13-21-12-18/h4,6,8,10-13H,3,5,7,9H2,1-2H3,(H2,18,20,21). The first-order valence-electron chi connectivity index (χ1n) is 8.14. The molecule has 8 heteroatoms. The molecular weight excluding hydrogens is 318 g/mol. The van der Waals surface area contributed by atoms with E-state index in [9.17, 15) is 4.79 Å². The molecule has 1 amide bonds. The summed E-state index contributed by atoms with van der Waals surface area (Å²) >= 11 is 0. The van der Waals surface area contributed by atoms with E-state index in [1.54, 1.807) is 29.0 Å². The monoisotopic (exact) mass is 341 g/mol. The number of rotatable bonds is 8. The van der Waals surface area contributed by atoms with E-state index in [2.05, 4.69) is 27.0 Å². The molecule has 2 aromatic heterocycles. The van der Waals surface area contributed by atoms with Crippen LogP contribution in [0.25, 0.3) is 5.69 Å². The Morgan fingerprint density at radius 1 is 1.48 bits per heavy atom. The third-order valence-electron chi connectivity index (χ3n) is 3.59. The fourth-order valence-electron chi connectivity index (χ4n) is 2.32. The smallest absolute Gasteiger partial charge is 0.228 e. The lowest BCUT2D eigenvalue weighted by Gasteiger charge is -2.16. The van der Waals surface area contributed by atoms with Gasteiger partial charge in [-0.2, -0.15) is 5.10 Å². The van der Waals surface area contributed by atoms with Crippen LogP contribution in [-0.4, -0.2) is 46.9 Å². The molecule has 0 fully saturated rings. The molecule has 2 N–H and O–H groups in total. The van der Waals surface area contributed by atoms with Crippen molar-refractivity contribution in [2.45, 2.75) is 26.2 Å². The Balaban J connectivity index is 2.15. The number of carbonyl (C=O) groups excluding carboxylic acids is 1. The lowest BCUT2D eigenvalue weighted by atomic mass is 10.2. The third-order valence-corrected chi connectivity index (χ3v) is 3.59. The van der Waals surface area contributed by atoms with Gasteiger partial charge in [-0.15, -0.1) is 0 Å². The van der Waals surface area contributed by atoms with E-state index in [1.807, 2.05) is 18.3 Å². The second kappa shape index (κ2) is 9.31. The van der Waals surface area contributed by atoms with Gasteiger partial charge in [-0.05, 0) is 18.6 Å². The van der Waals surface area contributed by atoms with Crippen LogP contribution in [0.15, 0.2) is 40.7 Å². The van der Waals surface area contributed by atoms with Crippen LogP contribution in [0, 0.1) is 0 Å². The Kier molecular flexibility index (Phi) is 6.82. The Morgan fingerprint density at radius 3 is 3.00 bits per heavy atom. The van der Waals surface area contributed by atoms with Crippen LogP contribution in [0.5, 0.6) is 0 Å². The van der Waals surface area contributed by atoms with Crippen molar-refractivity contribution in [3.8, 4) is 5.69 Å². The molecule has 0 saturated heterocycles. The summed E-state index contributed by atoms with van der Waals surface area (Å²) in [5.41, 5.74) is 7.67. The molecule has 0 aliphatic carbocycles. The second-order valence-electron chi connectivity index (χ2n) is 5.39. The molecule has 25 heavy (non-hydrogen) atoms. The van der Waals surface area contributed by atoms with Crippen LogP contribution < -0.4 is 10.6 Å². The molecular formula is C17H23N7O. The fraction of sp³-hybridized carbons (Fsp3) is 0.353. The highest BCUT2D eigenvalue weighted by Gasteiger charge is 2.18. The zero-order valence-electron chi connectivity index (χ0n) is 14.5. The minimum absolute atomic E-state index is 0.0306. The molecule has 132 valence electrons. The van der Waals surface area contributed by atoms with E-state index in [1.165, 1.54) is 6.34 Å². The van der Waals surface area contributed by atoms with Gasteiger partial charge in [-0.25, -0.2) is 9.67 Å². The number of hydrogen-bond acceptors (Lipinski definition) is 4. The predicted molar refractivity (Wildman–Crippen MR) is 99.4 cm³/mol. The van der Waals surface area contributed by atoms with E-state index >= 15 is 0 Å². The van der Waals surface area contributed by atoms with Gasteiger partial charge in [0.15, 0.2) is 0 Å². The number of nitrogens with two attached hydrogens (primary N) is 1. The van der Waals surface area contributed by atoms with Crippen LogP contribution >= 0.6 is 0 Å². The first kappa shape index (κ1) is 18.3. The molecule has 0 saturated carbocycles. The zero-order chi connectivity index (χ0) is 18.1. The summed E-state index contributed by atoms with van der Waals surface area (Å²) in [5.74, 6) is -0.0306. The predicted octanol–water partition coefficient (Wildman–Crippen LogP) is 1.59. The van der Waals surface area contributed by atoms with Crippen LogP contribution in [-0.2, 0) is 11.2 Å². The topological polar surface area (TPSA) is 102 Å².